The van der Waals surface area contributed by atoms with Gasteiger partial charge in [-0.3, -0.25) is 4.98 Å². The molecule has 0 spiro atoms. The van der Waals surface area contributed by atoms with Crippen molar-refractivity contribution in [1.82, 2.24) is 10.4 Å². The van der Waals surface area contributed by atoms with Crippen LogP contribution in [-0.2, 0) is 0 Å². The number of nitrogens with two attached hydrogens (primary N) is 1. The Labute approximate surface area is 79.8 Å². The minimum absolute atomic E-state index is 0.426. The normalized spacial score (nSPS) is 11.1. The fraction of sp³-hybridized carbons (Fsp3) is 0.125. The highest BCUT2D eigenvalue weighted by atomic mass is 19.1. The third-order valence-corrected chi connectivity index (χ3v) is 1.43. The van der Waals surface area contributed by atoms with E-state index in [0.717, 1.165) is 6.20 Å². The number of hydrogen-bond donors (Lipinski definition) is 2. The second-order valence-corrected chi connectivity index (χ2v) is 2.53. The maximum Gasteiger partial charge on any atom is 0.332 e. The fourth-order valence-electron chi connectivity index (χ4n) is 0.786. The van der Waals surface area contributed by atoms with Gasteiger partial charge in [0.25, 0.3) is 0 Å². The van der Waals surface area contributed by atoms with E-state index in [9.17, 15) is 9.18 Å². The van der Waals surface area contributed by atoms with Crippen LogP contribution in [0.25, 0.3) is 0 Å². The van der Waals surface area contributed by atoms with E-state index in [2.05, 4.69) is 15.5 Å². The lowest BCUT2D eigenvalue weighted by Crippen LogP contribution is -2.25. The Hall–Kier alpha value is -1.98. The summed E-state index contributed by atoms with van der Waals surface area (Å²) in [6.45, 7) is 1.62. The molecule has 0 aliphatic carbocycles. The average Bonchev–Trinajstić information content (AvgIpc) is 2.15. The minimum atomic E-state index is -0.758. The van der Waals surface area contributed by atoms with Gasteiger partial charge in [-0.25, -0.2) is 14.6 Å². The Kier molecular flexibility index (Phi) is 3.11. The van der Waals surface area contributed by atoms with Gasteiger partial charge in [0.15, 0.2) is 0 Å². The van der Waals surface area contributed by atoms with Crippen LogP contribution in [0.2, 0.25) is 0 Å². The Morgan fingerprint density at radius 3 is 2.86 bits per heavy atom. The summed E-state index contributed by atoms with van der Waals surface area (Å²) in [7, 11) is 0. The largest absolute Gasteiger partial charge is 0.350 e. The average molecular weight is 196 g/mol. The Morgan fingerprint density at radius 1 is 1.64 bits per heavy atom. The number of pyridine rings is 1. The molecular formula is C8H9FN4O. The molecule has 74 valence electrons. The molecular weight excluding hydrogens is 187 g/mol. The fourth-order valence-corrected chi connectivity index (χ4v) is 0.786. The Morgan fingerprint density at radius 2 is 2.36 bits per heavy atom. The molecule has 6 heteroatoms. The van der Waals surface area contributed by atoms with E-state index >= 15 is 0 Å². The molecule has 0 fully saturated rings. The van der Waals surface area contributed by atoms with Crippen molar-refractivity contribution in [1.29, 1.82) is 0 Å². The van der Waals surface area contributed by atoms with Gasteiger partial charge in [-0.1, -0.05) is 0 Å². The zero-order valence-electron chi connectivity index (χ0n) is 7.49. The first-order valence-electron chi connectivity index (χ1n) is 3.81. The number of urea groups is 1. The monoisotopic (exact) mass is 196 g/mol. The molecule has 5 nitrogen and oxygen atoms in total. The third-order valence-electron chi connectivity index (χ3n) is 1.43. The highest BCUT2D eigenvalue weighted by Gasteiger charge is 1.99. The summed E-state index contributed by atoms with van der Waals surface area (Å²) in [5.74, 6) is -0.426. The number of hydrazone groups is 1. The number of nitrogens with one attached hydrogen (secondary N) is 1. The third kappa shape index (κ3) is 2.81. The van der Waals surface area contributed by atoms with Crippen LogP contribution in [0.5, 0.6) is 0 Å². The van der Waals surface area contributed by atoms with Crippen LogP contribution in [-0.4, -0.2) is 16.7 Å². The van der Waals surface area contributed by atoms with Crippen LogP contribution in [0.4, 0.5) is 9.18 Å². The molecule has 0 saturated heterocycles. The van der Waals surface area contributed by atoms with Gasteiger partial charge in [0.1, 0.15) is 5.82 Å². The zero-order valence-corrected chi connectivity index (χ0v) is 7.49. The van der Waals surface area contributed by atoms with E-state index in [1.807, 2.05) is 0 Å². The number of hydrogen-bond acceptors (Lipinski definition) is 3. The molecule has 0 aromatic carbocycles. The van der Waals surface area contributed by atoms with Crippen molar-refractivity contribution in [3.8, 4) is 0 Å². The molecule has 1 aromatic rings. The first-order chi connectivity index (χ1) is 6.59. The standard InChI is InChI=1S/C8H9FN4O/c1-5(12-13-8(10)14)7-3-2-6(9)4-11-7/h2-4H,1H3,(H3,10,13,14)/b12-5-. The lowest BCUT2D eigenvalue weighted by Gasteiger charge is -1.99. The van der Waals surface area contributed by atoms with Gasteiger partial charge in [0.05, 0.1) is 17.6 Å². The Balaban J connectivity index is 2.78. The number of amides is 2. The van der Waals surface area contributed by atoms with Crippen molar-refractivity contribution >= 4 is 11.7 Å². The van der Waals surface area contributed by atoms with Gasteiger partial charge < -0.3 is 5.73 Å². The molecule has 0 aliphatic rings. The maximum atomic E-state index is 12.5. The van der Waals surface area contributed by atoms with E-state index in [4.69, 9.17) is 5.73 Å². The number of rotatable bonds is 2. The number of aromatic nitrogens is 1. The van der Waals surface area contributed by atoms with E-state index in [1.54, 1.807) is 6.92 Å². The van der Waals surface area contributed by atoms with Crippen molar-refractivity contribution in [2.24, 2.45) is 10.8 Å². The molecule has 0 saturated carbocycles. The SMILES string of the molecule is C/C(=N/NC(N)=O)c1ccc(F)cn1. The molecule has 3 N–H and O–H groups in total. The lowest BCUT2D eigenvalue weighted by molar-refractivity contribution is 0.249. The summed E-state index contributed by atoms with van der Waals surface area (Å²) in [5.41, 5.74) is 7.78. The molecule has 0 atom stereocenters. The topological polar surface area (TPSA) is 80.4 Å². The first kappa shape index (κ1) is 10.1. The quantitative estimate of drug-likeness (QED) is 0.536. The molecule has 1 rings (SSSR count). The van der Waals surface area contributed by atoms with Gasteiger partial charge >= 0.3 is 6.03 Å². The summed E-state index contributed by atoms with van der Waals surface area (Å²) in [6.07, 6.45) is 1.07. The number of carbonyl (C=O) groups is 1. The highest BCUT2D eigenvalue weighted by molar-refractivity contribution is 5.97. The van der Waals surface area contributed by atoms with Crippen LogP contribution >= 0.6 is 0 Å². The second-order valence-electron chi connectivity index (χ2n) is 2.53. The second kappa shape index (κ2) is 4.31. The zero-order chi connectivity index (χ0) is 10.6. The lowest BCUT2D eigenvalue weighted by atomic mass is 10.2. The number of halogens is 1. The van der Waals surface area contributed by atoms with Gasteiger partial charge in [-0.05, 0) is 19.1 Å². The molecule has 0 radical (unpaired) electrons. The first-order valence-corrected chi connectivity index (χ1v) is 3.81. The molecule has 2 amide bonds. The number of carbonyl (C=O) groups excluding carboxylic acids is 1. The van der Waals surface area contributed by atoms with Crippen LogP contribution in [0.3, 0.4) is 0 Å². The van der Waals surface area contributed by atoms with Gasteiger partial charge in [-0.2, -0.15) is 5.10 Å². The van der Waals surface area contributed by atoms with Crippen LogP contribution in [0, 0.1) is 5.82 Å². The Bertz CT molecular complexity index is 360. The molecule has 14 heavy (non-hydrogen) atoms. The smallest absolute Gasteiger partial charge is 0.332 e. The van der Waals surface area contributed by atoms with Crippen molar-refractivity contribution in [2.45, 2.75) is 6.92 Å². The van der Waals surface area contributed by atoms with Crippen LogP contribution in [0.1, 0.15) is 12.6 Å². The molecule has 1 heterocycles. The summed E-state index contributed by atoms with van der Waals surface area (Å²) in [4.78, 5) is 14.1. The van der Waals surface area contributed by atoms with Gasteiger partial charge in [-0.15, -0.1) is 0 Å². The molecule has 0 unspecified atom stereocenters. The van der Waals surface area contributed by atoms with Gasteiger partial charge in [0, 0.05) is 0 Å². The van der Waals surface area contributed by atoms with Crippen molar-refractivity contribution in [3.63, 3.8) is 0 Å². The van der Waals surface area contributed by atoms with Gasteiger partial charge in [0.2, 0.25) is 0 Å². The predicted molar refractivity (Wildman–Crippen MR) is 49.1 cm³/mol. The van der Waals surface area contributed by atoms with Crippen LogP contribution in [0.15, 0.2) is 23.4 Å². The minimum Gasteiger partial charge on any atom is -0.350 e. The highest BCUT2D eigenvalue weighted by Crippen LogP contribution is 1.99. The summed E-state index contributed by atoms with van der Waals surface area (Å²) < 4.78 is 12.5. The van der Waals surface area contributed by atoms with Crippen molar-refractivity contribution < 1.29 is 9.18 Å². The summed E-state index contributed by atoms with van der Waals surface area (Å²) >= 11 is 0. The van der Waals surface area contributed by atoms with Crippen molar-refractivity contribution in [2.75, 3.05) is 0 Å². The maximum absolute atomic E-state index is 12.5. The molecule has 0 bridgehead atoms. The van der Waals surface area contributed by atoms with E-state index < -0.39 is 11.8 Å². The number of primary amides is 1. The predicted octanol–water partition coefficient (Wildman–Crippen LogP) is 0.613. The molecule has 0 aliphatic heterocycles. The van der Waals surface area contributed by atoms with E-state index in [1.165, 1.54) is 12.1 Å². The number of nitrogens with zero attached hydrogens (tertiary/aromatic N) is 2. The summed E-state index contributed by atoms with van der Waals surface area (Å²) in [6, 6.07) is 1.95. The van der Waals surface area contributed by atoms with Crippen molar-refractivity contribution in [3.05, 3.63) is 29.8 Å². The van der Waals surface area contributed by atoms with E-state index in [0.29, 0.717) is 11.4 Å². The van der Waals surface area contributed by atoms with Crippen LogP contribution < -0.4 is 11.2 Å². The van der Waals surface area contributed by atoms with E-state index in [-0.39, 0.29) is 0 Å². The molecule has 1 aromatic heterocycles. The summed E-state index contributed by atoms with van der Waals surface area (Å²) in [5, 5.41) is 3.63.